The van der Waals surface area contributed by atoms with E-state index in [1.165, 1.54) is 26.2 Å². The molecule has 146 valence electrons. The van der Waals surface area contributed by atoms with Crippen LogP contribution in [0.5, 0.6) is 0 Å². The van der Waals surface area contributed by atoms with Crippen LogP contribution in [0.2, 0.25) is 5.02 Å². The molecule has 0 aliphatic carbocycles. The lowest BCUT2D eigenvalue weighted by Gasteiger charge is -2.20. The smallest absolute Gasteiger partial charge is 0.242 e. The van der Waals surface area contributed by atoms with Crippen molar-refractivity contribution < 1.29 is 13.2 Å². The van der Waals surface area contributed by atoms with Crippen LogP contribution in [0.25, 0.3) is 0 Å². The van der Waals surface area contributed by atoms with Crippen LogP contribution < -0.4 is 10.2 Å². The Labute approximate surface area is 165 Å². The number of benzene rings is 2. The first kappa shape index (κ1) is 21.2. The van der Waals surface area contributed by atoms with Gasteiger partial charge in [-0.1, -0.05) is 23.7 Å². The fourth-order valence-corrected chi connectivity index (χ4v) is 3.55. The number of rotatable bonds is 7. The maximum atomic E-state index is 12.4. The lowest BCUT2D eigenvalue weighted by molar-refractivity contribution is -0.116. The minimum atomic E-state index is -3.59. The average molecular weight is 410 g/mol. The summed E-state index contributed by atoms with van der Waals surface area (Å²) < 4.78 is 25.9. The molecule has 2 aromatic rings. The number of amides is 1. The van der Waals surface area contributed by atoms with Crippen molar-refractivity contribution in [3.8, 4) is 0 Å². The zero-order valence-electron chi connectivity index (χ0n) is 15.9. The fraction of sp³-hybridized carbons (Fsp3) is 0.316. The molecular formula is C19H24ClN3O3S. The summed E-state index contributed by atoms with van der Waals surface area (Å²) >= 11 is 5.87. The van der Waals surface area contributed by atoms with E-state index in [4.69, 9.17) is 11.6 Å². The molecule has 0 heterocycles. The van der Waals surface area contributed by atoms with Crippen molar-refractivity contribution in [1.82, 2.24) is 4.31 Å². The number of sulfonamides is 1. The molecule has 8 heteroatoms. The molecule has 2 rings (SSSR count). The third-order valence-electron chi connectivity index (χ3n) is 4.06. The Bertz CT molecular complexity index is 910. The fourth-order valence-electron chi connectivity index (χ4n) is 2.50. The van der Waals surface area contributed by atoms with Gasteiger partial charge in [0, 0.05) is 39.6 Å². The van der Waals surface area contributed by atoms with E-state index in [9.17, 15) is 13.2 Å². The Kier molecular flexibility index (Phi) is 6.86. The minimum Gasteiger partial charge on any atom is -0.376 e. The second-order valence-electron chi connectivity index (χ2n) is 6.54. The van der Waals surface area contributed by atoms with Gasteiger partial charge in [0.2, 0.25) is 15.9 Å². The molecule has 0 spiro atoms. The van der Waals surface area contributed by atoms with Crippen LogP contribution in [0.4, 0.5) is 11.4 Å². The second-order valence-corrected chi connectivity index (χ2v) is 9.12. The molecule has 0 unspecified atom stereocenters. The summed E-state index contributed by atoms with van der Waals surface area (Å²) in [5.41, 5.74) is 2.20. The number of anilines is 2. The van der Waals surface area contributed by atoms with E-state index in [-0.39, 0.29) is 17.2 Å². The molecule has 1 amide bonds. The Morgan fingerprint density at radius 3 is 2.22 bits per heavy atom. The third kappa shape index (κ3) is 5.45. The molecule has 0 atom stereocenters. The molecule has 0 aliphatic rings. The summed E-state index contributed by atoms with van der Waals surface area (Å²) in [5.74, 6) is -0.188. The predicted octanol–water partition coefficient (Wildman–Crippen LogP) is 3.23. The van der Waals surface area contributed by atoms with Gasteiger partial charge in [0.15, 0.2) is 0 Å². The number of halogens is 1. The van der Waals surface area contributed by atoms with E-state index in [2.05, 4.69) is 5.32 Å². The first-order chi connectivity index (χ1) is 12.6. The molecule has 27 heavy (non-hydrogen) atoms. The van der Waals surface area contributed by atoms with Crippen molar-refractivity contribution in [1.29, 1.82) is 0 Å². The molecule has 1 N–H and O–H groups in total. The molecule has 0 bridgehead atoms. The van der Waals surface area contributed by atoms with E-state index in [0.717, 1.165) is 15.6 Å². The number of nitrogens with one attached hydrogen (secondary N) is 1. The van der Waals surface area contributed by atoms with Gasteiger partial charge in [-0.05, 0) is 42.3 Å². The number of aryl methyl sites for hydroxylation is 1. The highest BCUT2D eigenvalue weighted by Gasteiger charge is 2.20. The van der Waals surface area contributed by atoms with E-state index < -0.39 is 10.0 Å². The van der Waals surface area contributed by atoms with Gasteiger partial charge >= 0.3 is 0 Å². The highest BCUT2D eigenvalue weighted by atomic mass is 35.5. The topological polar surface area (TPSA) is 69.7 Å². The first-order valence-corrected chi connectivity index (χ1v) is 10.2. The number of hydrogen-bond acceptors (Lipinski definition) is 4. The van der Waals surface area contributed by atoms with Crippen molar-refractivity contribution in [2.75, 3.05) is 38.4 Å². The van der Waals surface area contributed by atoms with Gasteiger partial charge in [0.25, 0.3) is 0 Å². The van der Waals surface area contributed by atoms with Crippen LogP contribution in [0.15, 0.2) is 47.4 Å². The van der Waals surface area contributed by atoms with E-state index in [1.807, 2.05) is 31.1 Å². The van der Waals surface area contributed by atoms with Crippen LogP contribution in [0, 0.1) is 0 Å². The van der Waals surface area contributed by atoms with Crippen molar-refractivity contribution in [3.63, 3.8) is 0 Å². The highest BCUT2D eigenvalue weighted by molar-refractivity contribution is 7.89. The van der Waals surface area contributed by atoms with Gasteiger partial charge in [-0.15, -0.1) is 0 Å². The monoisotopic (exact) mass is 409 g/mol. The van der Waals surface area contributed by atoms with Crippen LogP contribution in [0.3, 0.4) is 0 Å². The molecule has 0 saturated carbocycles. The van der Waals surface area contributed by atoms with E-state index in [1.54, 1.807) is 18.2 Å². The Morgan fingerprint density at radius 2 is 1.67 bits per heavy atom. The minimum absolute atomic E-state index is 0.131. The molecule has 0 fully saturated rings. The molecule has 6 nitrogen and oxygen atoms in total. The molecule has 0 aromatic heterocycles. The summed E-state index contributed by atoms with van der Waals surface area (Å²) in [6.07, 6.45) is 0.842. The summed E-state index contributed by atoms with van der Waals surface area (Å²) in [7, 11) is 3.02. The largest absolute Gasteiger partial charge is 0.376 e. The molecule has 0 aliphatic heterocycles. The second kappa shape index (κ2) is 8.73. The van der Waals surface area contributed by atoms with Crippen molar-refractivity contribution in [3.05, 3.63) is 53.1 Å². The molecule has 0 saturated heterocycles. The number of nitrogens with zero attached hydrogens (tertiary/aromatic N) is 2. The van der Waals surface area contributed by atoms with Crippen LogP contribution in [-0.2, 0) is 21.2 Å². The van der Waals surface area contributed by atoms with Gasteiger partial charge < -0.3 is 10.2 Å². The first-order valence-electron chi connectivity index (χ1n) is 8.39. The van der Waals surface area contributed by atoms with Crippen LogP contribution in [-0.4, -0.2) is 46.8 Å². The number of hydrogen-bond donors (Lipinski definition) is 1. The van der Waals surface area contributed by atoms with Crippen molar-refractivity contribution in [2.45, 2.75) is 17.7 Å². The van der Waals surface area contributed by atoms with Gasteiger partial charge in [-0.2, -0.15) is 0 Å². The highest BCUT2D eigenvalue weighted by Crippen LogP contribution is 2.28. The average Bonchev–Trinajstić information content (AvgIpc) is 2.60. The summed E-state index contributed by atoms with van der Waals surface area (Å²) in [5, 5.41) is 3.49. The third-order valence-corrected chi connectivity index (χ3v) is 6.12. The molecule has 2 aromatic carbocycles. The van der Waals surface area contributed by atoms with Crippen molar-refractivity contribution in [2.24, 2.45) is 0 Å². The number of carbonyl (C=O) groups excluding carboxylic acids is 1. The Hall–Kier alpha value is -2.09. The maximum absolute atomic E-state index is 12.4. The summed E-state index contributed by atoms with van der Waals surface area (Å²) in [6.45, 7) is 0. The van der Waals surface area contributed by atoms with Gasteiger partial charge in [0.1, 0.15) is 0 Å². The quantitative estimate of drug-likeness (QED) is 0.762. The lowest BCUT2D eigenvalue weighted by atomic mass is 10.1. The Balaban J connectivity index is 2.19. The van der Waals surface area contributed by atoms with Crippen LogP contribution in [0.1, 0.15) is 12.0 Å². The zero-order valence-corrected chi connectivity index (χ0v) is 17.4. The number of carbonyl (C=O) groups is 1. The van der Waals surface area contributed by atoms with Gasteiger partial charge in [0.05, 0.1) is 16.3 Å². The summed E-state index contributed by atoms with van der Waals surface area (Å²) in [4.78, 5) is 14.4. The predicted molar refractivity (Wildman–Crippen MR) is 110 cm³/mol. The maximum Gasteiger partial charge on any atom is 0.242 e. The lowest BCUT2D eigenvalue weighted by Crippen LogP contribution is -2.23. The standard InChI is InChI=1S/C19H24ClN3O3S/c1-22(2)18-11-10-16(27(25,26)23(3)4)13-17(18)21-19(24)12-7-14-5-8-15(20)9-6-14/h5-6,8-11,13H,7,12H2,1-4H3,(H,21,24). The Morgan fingerprint density at radius 1 is 1.04 bits per heavy atom. The van der Waals surface area contributed by atoms with Crippen molar-refractivity contribution >= 4 is 38.9 Å². The van der Waals surface area contributed by atoms with Gasteiger partial charge in [-0.25, -0.2) is 12.7 Å². The zero-order chi connectivity index (χ0) is 20.2. The van der Waals surface area contributed by atoms with Gasteiger partial charge in [-0.3, -0.25) is 4.79 Å². The summed E-state index contributed by atoms with van der Waals surface area (Å²) in [6, 6.07) is 12.0. The van der Waals surface area contributed by atoms with E-state index in [0.29, 0.717) is 17.1 Å². The molecule has 0 radical (unpaired) electrons. The van der Waals surface area contributed by atoms with E-state index >= 15 is 0 Å². The normalized spacial score (nSPS) is 11.5. The SMILES string of the molecule is CN(C)c1ccc(S(=O)(=O)N(C)C)cc1NC(=O)CCc1ccc(Cl)cc1. The van der Waals surface area contributed by atoms with Crippen LogP contribution >= 0.6 is 11.6 Å². The molecular weight excluding hydrogens is 386 g/mol.